The molecule has 2 aliphatic heterocycles. The molecule has 6 nitrogen and oxygen atoms in total. The van der Waals surface area contributed by atoms with Crippen molar-refractivity contribution in [3.05, 3.63) is 29.8 Å². The molecule has 0 spiro atoms. The summed E-state index contributed by atoms with van der Waals surface area (Å²) in [6.45, 7) is 1.66. The van der Waals surface area contributed by atoms with Gasteiger partial charge in [-0.2, -0.15) is 18.3 Å². The fourth-order valence-electron chi connectivity index (χ4n) is 2.86. The van der Waals surface area contributed by atoms with Gasteiger partial charge in [0.25, 0.3) is 5.91 Å². The predicted molar refractivity (Wildman–Crippen MR) is 85.0 cm³/mol. The molecule has 1 saturated heterocycles. The van der Waals surface area contributed by atoms with E-state index in [0.717, 1.165) is 12.1 Å². The van der Waals surface area contributed by atoms with Gasteiger partial charge in [0.1, 0.15) is 5.71 Å². The lowest BCUT2D eigenvalue weighted by Gasteiger charge is -2.36. The highest BCUT2D eigenvalue weighted by molar-refractivity contribution is 6.39. The summed E-state index contributed by atoms with van der Waals surface area (Å²) in [6.07, 6.45) is -3.84. The van der Waals surface area contributed by atoms with Crippen LogP contribution in [-0.2, 0) is 15.8 Å². The molecule has 0 radical (unpaired) electrons. The largest absolute Gasteiger partial charge is 0.416 e. The van der Waals surface area contributed by atoms with E-state index in [2.05, 4.69) is 10.5 Å². The lowest BCUT2D eigenvalue weighted by molar-refractivity contribution is -0.137. The minimum Gasteiger partial charge on any atom is -0.368 e. The summed E-state index contributed by atoms with van der Waals surface area (Å²) < 4.78 is 38.5. The minimum absolute atomic E-state index is 0.217. The third-order valence-electron chi connectivity index (χ3n) is 4.26. The number of hydrazone groups is 1. The molecule has 1 N–H and O–H groups in total. The van der Waals surface area contributed by atoms with E-state index in [1.165, 1.54) is 6.07 Å². The summed E-state index contributed by atoms with van der Waals surface area (Å²) in [5.74, 6) is -0.449. The lowest BCUT2D eigenvalue weighted by atomic mass is 10.1. The molecular formula is C16H17F3N4O2. The lowest BCUT2D eigenvalue weighted by Crippen LogP contribution is -2.51. The molecule has 25 heavy (non-hydrogen) atoms. The standard InChI is InChI=1S/C16H17F3N4O2/c17-16(18,19)11-2-1-3-12(10-11)22-6-8-23(9-7-22)15(25)13-4-5-14(24)21-20-13/h1-3,10H,4-9H2,(H,21,24). The fourth-order valence-corrected chi connectivity index (χ4v) is 2.86. The number of anilines is 1. The Morgan fingerprint density at radius 1 is 1.12 bits per heavy atom. The van der Waals surface area contributed by atoms with Crippen molar-refractivity contribution in [3.63, 3.8) is 0 Å². The molecule has 134 valence electrons. The molecule has 1 aromatic rings. The first kappa shape index (κ1) is 17.2. The Morgan fingerprint density at radius 3 is 2.44 bits per heavy atom. The van der Waals surface area contributed by atoms with Crippen LogP contribution >= 0.6 is 0 Å². The summed E-state index contributed by atoms with van der Waals surface area (Å²) in [4.78, 5) is 26.9. The van der Waals surface area contributed by atoms with Crippen LogP contribution in [0.1, 0.15) is 18.4 Å². The molecule has 0 aromatic heterocycles. The fraction of sp³-hybridized carbons (Fsp3) is 0.438. The number of piperazine rings is 1. The van der Waals surface area contributed by atoms with Crippen LogP contribution in [0.2, 0.25) is 0 Å². The molecule has 1 fully saturated rings. The average molecular weight is 354 g/mol. The van der Waals surface area contributed by atoms with Crippen LogP contribution in [0.15, 0.2) is 29.4 Å². The average Bonchev–Trinajstić information content (AvgIpc) is 2.61. The zero-order valence-electron chi connectivity index (χ0n) is 13.3. The van der Waals surface area contributed by atoms with Crippen molar-refractivity contribution in [2.24, 2.45) is 5.10 Å². The molecule has 1 aromatic carbocycles. The SMILES string of the molecule is O=C1CCC(C(=O)N2CCN(c3cccc(C(F)(F)F)c3)CC2)=NN1. The number of halogens is 3. The molecule has 2 aliphatic rings. The van der Waals surface area contributed by atoms with E-state index in [1.54, 1.807) is 11.0 Å². The van der Waals surface area contributed by atoms with Gasteiger partial charge in [-0.3, -0.25) is 9.59 Å². The normalized spacial score (nSPS) is 18.7. The van der Waals surface area contributed by atoms with Crippen molar-refractivity contribution >= 4 is 23.2 Å². The van der Waals surface area contributed by atoms with Crippen LogP contribution in [0.4, 0.5) is 18.9 Å². The molecule has 2 heterocycles. The maximum Gasteiger partial charge on any atom is 0.416 e. The quantitative estimate of drug-likeness (QED) is 0.878. The van der Waals surface area contributed by atoms with Crippen LogP contribution in [0.25, 0.3) is 0 Å². The number of nitrogens with zero attached hydrogens (tertiary/aromatic N) is 3. The molecular weight excluding hydrogens is 337 g/mol. The number of rotatable bonds is 2. The highest BCUT2D eigenvalue weighted by Crippen LogP contribution is 2.31. The van der Waals surface area contributed by atoms with E-state index < -0.39 is 11.7 Å². The van der Waals surface area contributed by atoms with Gasteiger partial charge in [-0.25, -0.2) is 5.43 Å². The van der Waals surface area contributed by atoms with Gasteiger partial charge in [0.05, 0.1) is 5.56 Å². The second-order valence-electron chi connectivity index (χ2n) is 5.92. The molecule has 3 rings (SSSR count). The van der Waals surface area contributed by atoms with Gasteiger partial charge < -0.3 is 9.80 Å². The Balaban J connectivity index is 1.62. The van der Waals surface area contributed by atoms with Crippen molar-refractivity contribution in [2.75, 3.05) is 31.1 Å². The zero-order valence-corrected chi connectivity index (χ0v) is 13.3. The van der Waals surface area contributed by atoms with Crippen molar-refractivity contribution in [1.29, 1.82) is 0 Å². The van der Waals surface area contributed by atoms with E-state index >= 15 is 0 Å². The van der Waals surface area contributed by atoms with Gasteiger partial charge in [0, 0.05) is 44.7 Å². The number of hydrogen-bond donors (Lipinski definition) is 1. The maximum absolute atomic E-state index is 12.8. The van der Waals surface area contributed by atoms with Crippen molar-refractivity contribution in [3.8, 4) is 0 Å². The van der Waals surface area contributed by atoms with Gasteiger partial charge in [-0.15, -0.1) is 0 Å². The second kappa shape index (κ2) is 6.73. The van der Waals surface area contributed by atoms with Crippen LogP contribution < -0.4 is 10.3 Å². The van der Waals surface area contributed by atoms with Crippen LogP contribution in [0.5, 0.6) is 0 Å². The van der Waals surface area contributed by atoms with Crippen molar-refractivity contribution in [1.82, 2.24) is 10.3 Å². The van der Waals surface area contributed by atoms with E-state index in [9.17, 15) is 22.8 Å². The number of hydrogen-bond acceptors (Lipinski definition) is 4. The van der Waals surface area contributed by atoms with Gasteiger partial charge in [0.15, 0.2) is 0 Å². The first-order valence-corrected chi connectivity index (χ1v) is 7.91. The Hall–Kier alpha value is -2.58. The highest BCUT2D eigenvalue weighted by atomic mass is 19.4. The molecule has 0 aliphatic carbocycles. The van der Waals surface area contributed by atoms with Crippen LogP contribution in [0.3, 0.4) is 0 Å². The highest BCUT2D eigenvalue weighted by Gasteiger charge is 2.31. The summed E-state index contributed by atoms with van der Waals surface area (Å²) in [5.41, 5.74) is 2.41. The van der Waals surface area contributed by atoms with E-state index in [4.69, 9.17) is 0 Å². The van der Waals surface area contributed by atoms with Gasteiger partial charge >= 0.3 is 6.18 Å². The van der Waals surface area contributed by atoms with Crippen LogP contribution in [0, 0.1) is 0 Å². The predicted octanol–water partition coefficient (Wildman–Crippen LogP) is 1.62. The smallest absolute Gasteiger partial charge is 0.368 e. The maximum atomic E-state index is 12.8. The minimum atomic E-state index is -4.38. The number of alkyl halides is 3. The molecule has 9 heteroatoms. The Morgan fingerprint density at radius 2 is 1.84 bits per heavy atom. The zero-order chi connectivity index (χ0) is 18.0. The Kier molecular flexibility index (Phi) is 4.65. The number of amides is 2. The molecule has 0 bridgehead atoms. The van der Waals surface area contributed by atoms with Gasteiger partial charge in [-0.1, -0.05) is 6.07 Å². The number of carbonyl (C=O) groups is 2. The molecule has 0 atom stereocenters. The summed E-state index contributed by atoms with van der Waals surface area (Å²) in [6, 6.07) is 5.18. The summed E-state index contributed by atoms with van der Waals surface area (Å²) in [5, 5.41) is 3.79. The molecule has 0 saturated carbocycles. The van der Waals surface area contributed by atoms with Gasteiger partial charge in [-0.05, 0) is 18.2 Å². The Labute approximate surface area is 142 Å². The van der Waals surface area contributed by atoms with E-state index in [0.29, 0.717) is 44.0 Å². The van der Waals surface area contributed by atoms with Crippen LogP contribution in [-0.4, -0.2) is 48.6 Å². The summed E-state index contributed by atoms with van der Waals surface area (Å²) >= 11 is 0. The van der Waals surface area contributed by atoms with Gasteiger partial charge in [0.2, 0.25) is 5.91 Å². The van der Waals surface area contributed by atoms with Crippen molar-refractivity contribution < 1.29 is 22.8 Å². The molecule has 0 unspecified atom stereocenters. The topological polar surface area (TPSA) is 65.0 Å². The van der Waals surface area contributed by atoms with E-state index in [1.807, 2.05) is 4.90 Å². The first-order chi connectivity index (χ1) is 11.8. The third kappa shape index (κ3) is 3.92. The monoisotopic (exact) mass is 354 g/mol. The number of nitrogens with one attached hydrogen (secondary N) is 1. The third-order valence-corrected chi connectivity index (χ3v) is 4.26. The first-order valence-electron chi connectivity index (χ1n) is 7.91. The number of benzene rings is 1. The second-order valence-corrected chi connectivity index (χ2v) is 5.92. The van der Waals surface area contributed by atoms with E-state index in [-0.39, 0.29) is 18.2 Å². The van der Waals surface area contributed by atoms with Crippen molar-refractivity contribution in [2.45, 2.75) is 19.0 Å². The number of carbonyl (C=O) groups excluding carboxylic acids is 2. The summed E-state index contributed by atoms with van der Waals surface area (Å²) in [7, 11) is 0. The molecule has 2 amide bonds. The Bertz CT molecular complexity index is 710.